The van der Waals surface area contributed by atoms with Crippen LogP contribution in [0.25, 0.3) is 0 Å². The van der Waals surface area contributed by atoms with Crippen molar-refractivity contribution in [1.29, 1.82) is 0 Å². The van der Waals surface area contributed by atoms with Crippen LogP contribution in [0.5, 0.6) is 0 Å². The number of aldehydes is 1. The van der Waals surface area contributed by atoms with Crippen LogP contribution in [0.3, 0.4) is 0 Å². The fraction of sp³-hybridized carbons (Fsp3) is 0.500. The number of carbonyl (C=O) groups excluding carboxylic acids is 1. The first-order chi connectivity index (χ1) is 8.35. The van der Waals surface area contributed by atoms with Gasteiger partial charge in [-0.15, -0.1) is 0 Å². The van der Waals surface area contributed by atoms with Crippen molar-refractivity contribution in [3.63, 3.8) is 0 Å². The van der Waals surface area contributed by atoms with Crippen molar-refractivity contribution in [2.24, 2.45) is 5.41 Å². The Morgan fingerprint density at radius 1 is 1.35 bits per heavy atom. The summed E-state index contributed by atoms with van der Waals surface area (Å²) in [6.07, 6.45) is 2.61. The minimum absolute atomic E-state index is 0.295. The third-order valence-corrected chi connectivity index (χ3v) is 3.24. The molecule has 1 aromatic rings. The van der Waals surface area contributed by atoms with E-state index in [9.17, 15) is 4.79 Å². The molecular formula is C14H18O3. The molecule has 1 fully saturated rings. The molecule has 0 spiro atoms. The number of carbonyl (C=O) groups is 1. The Labute approximate surface area is 102 Å². The molecule has 0 N–H and O–H groups in total. The molecule has 0 saturated carbocycles. The number of hydrogen-bond acceptors (Lipinski definition) is 3. The first kappa shape index (κ1) is 12.3. The smallest absolute Gasteiger partial charge is 0.128 e. The maximum Gasteiger partial charge on any atom is 0.128 e. The maximum atomic E-state index is 11.1. The highest BCUT2D eigenvalue weighted by atomic mass is 16.5. The molecule has 3 nitrogen and oxygen atoms in total. The fourth-order valence-electron chi connectivity index (χ4n) is 2.01. The van der Waals surface area contributed by atoms with Crippen LogP contribution in [0.1, 0.15) is 18.4 Å². The lowest BCUT2D eigenvalue weighted by atomic mass is 9.86. The lowest BCUT2D eigenvalue weighted by Gasteiger charge is -2.19. The van der Waals surface area contributed by atoms with Gasteiger partial charge in [0.15, 0.2) is 0 Å². The van der Waals surface area contributed by atoms with E-state index in [1.54, 1.807) is 0 Å². The van der Waals surface area contributed by atoms with E-state index in [1.807, 2.05) is 30.3 Å². The number of benzene rings is 1. The predicted molar refractivity (Wildman–Crippen MR) is 64.6 cm³/mol. The minimum atomic E-state index is -0.295. The Morgan fingerprint density at radius 3 is 2.82 bits per heavy atom. The molecule has 1 unspecified atom stereocenters. The van der Waals surface area contributed by atoms with Crippen LogP contribution < -0.4 is 0 Å². The molecule has 3 heteroatoms. The highest BCUT2D eigenvalue weighted by Crippen LogP contribution is 2.29. The summed E-state index contributed by atoms with van der Waals surface area (Å²) in [6.45, 7) is 2.45. The van der Waals surface area contributed by atoms with Gasteiger partial charge in [0.2, 0.25) is 0 Å². The second-order valence-corrected chi connectivity index (χ2v) is 4.57. The topological polar surface area (TPSA) is 35.5 Å². The van der Waals surface area contributed by atoms with E-state index in [2.05, 4.69) is 0 Å². The van der Waals surface area contributed by atoms with Gasteiger partial charge in [0, 0.05) is 13.2 Å². The highest BCUT2D eigenvalue weighted by Gasteiger charge is 2.34. The first-order valence-corrected chi connectivity index (χ1v) is 6.00. The van der Waals surface area contributed by atoms with Crippen LogP contribution in [0.15, 0.2) is 30.3 Å². The van der Waals surface area contributed by atoms with E-state index in [4.69, 9.17) is 9.47 Å². The van der Waals surface area contributed by atoms with Crippen molar-refractivity contribution in [3.8, 4) is 0 Å². The number of hydrogen-bond donors (Lipinski definition) is 0. The Morgan fingerprint density at radius 2 is 2.18 bits per heavy atom. The van der Waals surface area contributed by atoms with Crippen LogP contribution in [0.2, 0.25) is 0 Å². The van der Waals surface area contributed by atoms with E-state index in [0.29, 0.717) is 26.4 Å². The van der Waals surface area contributed by atoms with Crippen molar-refractivity contribution >= 4 is 6.29 Å². The summed E-state index contributed by atoms with van der Waals surface area (Å²) in [5.41, 5.74) is 0.867. The quantitative estimate of drug-likeness (QED) is 0.559. The standard InChI is InChI=1S/C14H18O3/c15-11-14(7-9-17-12-14)6-8-16-10-13-4-2-1-3-5-13/h1-5,11H,6-10,12H2. The van der Waals surface area contributed by atoms with Gasteiger partial charge in [-0.05, 0) is 18.4 Å². The van der Waals surface area contributed by atoms with Gasteiger partial charge in [-0.3, -0.25) is 0 Å². The molecular weight excluding hydrogens is 216 g/mol. The fourth-order valence-corrected chi connectivity index (χ4v) is 2.01. The largest absolute Gasteiger partial charge is 0.380 e. The van der Waals surface area contributed by atoms with E-state index >= 15 is 0 Å². The van der Waals surface area contributed by atoms with Crippen LogP contribution in [0.4, 0.5) is 0 Å². The first-order valence-electron chi connectivity index (χ1n) is 6.00. The third kappa shape index (κ3) is 3.38. The summed E-state index contributed by atoms with van der Waals surface area (Å²) in [6, 6.07) is 10.1. The average Bonchev–Trinajstić information content (AvgIpc) is 2.85. The van der Waals surface area contributed by atoms with Crippen molar-refractivity contribution in [3.05, 3.63) is 35.9 Å². The van der Waals surface area contributed by atoms with Crippen LogP contribution in [-0.2, 0) is 20.9 Å². The minimum Gasteiger partial charge on any atom is -0.380 e. The zero-order chi connectivity index (χ0) is 12.0. The molecule has 1 aliphatic heterocycles. The monoisotopic (exact) mass is 234 g/mol. The lowest BCUT2D eigenvalue weighted by Crippen LogP contribution is -2.24. The highest BCUT2D eigenvalue weighted by molar-refractivity contribution is 5.60. The van der Waals surface area contributed by atoms with Crippen molar-refractivity contribution in [2.45, 2.75) is 19.4 Å². The molecule has 1 saturated heterocycles. The zero-order valence-electron chi connectivity index (χ0n) is 9.93. The second kappa shape index (κ2) is 5.94. The predicted octanol–water partition coefficient (Wildman–Crippen LogP) is 2.20. The molecule has 1 heterocycles. The van der Waals surface area contributed by atoms with Gasteiger partial charge in [0.05, 0.1) is 18.6 Å². The summed E-state index contributed by atoms with van der Waals surface area (Å²) in [4.78, 5) is 11.1. The molecule has 1 aromatic carbocycles. The van der Waals surface area contributed by atoms with Gasteiger partial charge in [-0.2, -0.15) is 0 Å². The molecule has 1 aliphatic rings. The van der Waals surface area contributed by atoms with Crippen molar-refractivity contribution < 1.29 is 14.3 Å². The van der Waals surface area contributed by atoms with Crippen molar-refractivity contribution in [2.75, 3.05) is 19.8 Å². The summed E-state index contributed by atoms with van der Waals surface area (Å²) in [5.74, 6) is 0. The van der Waals surface area contributed by atoms with Gasteiger partial charge in [0.1, 0.15) is 6.29 Å². The Hall–Kier alpha value is -1.19. The maximum absolute atomic E-state index is 11.1. The van der Waals surface area contributed by atoms with Gasteiger partial charge in [0.25, 0.3) is 0 Å². The molecule has 17 heavy (non-hydrogen) atoms. The average molecular weight is 234 g/mol. The van der Waals surface area contributed by atoms with E-state index in [-0.39, 0.29) is 5.41 Å². The van der Waals surface area contributed by atoms with Crippen molar-refractivity contribution in [1.82, 2.24) is 0 Å². The lowest BCUT2D eigenvalue weighted by molar-refractivity contribution is -0.117. The Bertz CT molecular complexity index is 342. The molecule has 1 atom stereocenters. The molecule has 0 radical (unpaired) electrons. The molecule has 2 rings (SSSR count). The molecule has 0 aliphatic carbocycles. The summed E-state index contributed by atoms with van der Waals surface area (Å²) in [7, 11) is 0. The van der Waals surface area contributed by atoms with Gasteiger partial charge >= 0.3 is 0 Å². The van der Waals surface area contributed by atoms with Crippen LogP contribution in [0, 0.1) is 5.41 Å². The summed E-state index contributed by atoms with van der Waals surface area (Å²) >= 11 is 0. The number of ether oxygens (including phenoxy) is 2. The van der Waals surface area contributed by atoms with Crippen LogP contribution in [-0.4, -0.2) is 26.1 Å². The third-order valence-electron chi connectivity index (χ3n) is 3.24. The van der Waals surface area contributed by atoms with Gasteiger partial charge in [-0.25, -0.2) is 0 Å². The Kier molecular flexibility index (Phi) is 4.29. The van der Waals surface area contributed by atoms with Crippen LogP contribution >= 0.6 is 0 Å². The Balaban J connectivity index is 1.71. The van der Waals surface area contributed by atoms with E-state index in [1.165, 1.54) is 0 Å². The summed E-state index contributed by atoms with van der Waals surface area (Å²) in [5, 5.41) is 0. The van der Waals surface area contributed by atoms with Gasteiger partial charge in [-0.1, -0.05) is 30.3 Å². The zero-order valence-corrected chi connectivity index (χ0v) is 9.93. The van der Waals surface area contributed by atoms with E-state index < -0.39 is 0 Å². The molecule has 0 aromatic heterocycles. The molecule has 92 valence electrons. The number of rotatable bonds is 6. The second-order valence-electron chi connectivity index (χ2n) is 4.57. The van der Waals surface area contributed by atoms with E-state index in [0.717, 1.165) is 24.7 Å². The SMILES string of the molecule is O=CC1(CCOCc2ccccc2)CCOC1. The molecule has 0 bridgehead atoms. The molecule has 0 amide bonds. The normalized spacial score (nSPS) is 23.8. The summed E-state index contributed by atoms with van der Waals surface area (Å²) < 4.78 is 10.9. The van der Waals surface area contributed by atoms with Gasteiger partial charge < -0.3 is 14.3 Å².